The highest BCUT2D eigenvalue weighted by Crippen LogP contribution is 2.27. The van der Waals surface area contributed by atoms with Gasteiger partial charge < -0.3 is 39.4 Å². The molecule has 0 saturated heterocycles. The molecule has 0 aliphatic heterocycles. The summed E-state index contributed by atoms with van der Waals surface area (Å²) in [6.07, 6.45) is 0. The van der Waals surface area contributed by atoms with Crippen LogP contribution in [0.1, 0.15) is 89.8 Å². The molecule has 0 atom stereocenters. The van der Waals surface area contributed by atoms with Gasteiger partial charge in [0, 0.05) is 11.1 Å². The predicted octanol–water partition coefficient (Wildman–Crippen LogP) is 5.13. The number of carbonyl (C=O) groups is 6. The third-order valence-electron chi connectivity index (χ3n) is 7.79. The minimum absolute atomic E-state index is 0.115. The van der Waals surface area contributed by atoms with E-state index in [-0.39, 0.29) is 70.9 Å². The minimum Gasteiger partial charge on any atom is -0.490 e. The van der Waals surface area contributed by atoms with Crippen molar-refractivity contribution in [3.63, 3.8) is 0 Å². The number of benzene rings is 4. The zero-order chi connectivity index (χ0) is 39.8. The summed E-state index contributed by atoms with van der Waals surface area (Å²) in [4.78, 5) is 74.4. The number of esters is 2. The van der Waals surface area contributed by atoms with Crippen molar-refractivity contribution >= 4 is 35.4 Å². The standard InChI is InChI=1S/C40H38O14/c1-39(2,49)33(41)23-5-11-27(12-6-23)51-17-19-53-37(47)31-21-25(9-15-29(31)35(43)44)26-10-16-30(36(45)46)32(22-26)38(48)54-20-18-52-28-13-7-24(8-14-28)34(42)40(3,4)50/h5-16,21-22,49-50H,17-20H2,1-4H3,(H,43,44)(H,45,46). The van der Waals surface area contributed by atoms with E-state index in [2.05, 4.69) is 0 Å². The van der Waals surface area contributed by atoms with E-state index in [0.29, 0.717) is 11.5 Å². The Hall–Kier alpha value is -6.38. The van der Waals surface area contributed by atoms with Crippen molar-refractivity contribution < 1.29 is 68.1 Å². The first-order chi connectivity index (χ1) is 25.4. The second-order valence-corrected chi connectivity index (χ2v) is 12.9. The van der Waals surface area contributed by atoms with E-state index in [9.17, 15) is 49.2 Å². The highest BCUT2D eigenvalue weighted by molar-refractivity contribution is 6.05. The van der Waals surface area contributed by atoms with Crippen LogP contribution in [0.4, 0.5) is 0 Å². The van der Waals surface area contributed by atoms with Crippen molar-refractivity contribution in [1.82, 2.24) is 0 Å². The maximum absolute atomic E-state index is 13.0. The number of aliphatic hydroxyl groups is 2. The Kier molecular flexibility index (Phi) is 12.7. The summed E-state index contributed by atoms with van der Waals surface area (Å²) in [7, 11) is 0. The van der Waals surface area contributed by atoms with Crippen molar-refractivity contribution in [3.05, 3.63) is 118 Å². The normalized spacial score (nSPS) is 11.3. The fourth-order valence-electron chi connectivity index (χ4n) is 5.01. The predicted molar refractivity (Wildman–Crippen MR) is 191 cm³/mol. The molecule has 0 fully saturated rings. The Balaban J connectivity index is 1.41. The van der Waals surface area contributed by atoms with Crippen LogP contribution in [0.15, 0.2) is 84.9 Å². The summed E-state index contributed by atoms with van der Waals surface area (Å²) in [5.41, 5.74) is -3.35. The van der Waals surface area contributed by atoms with Gasteiger partial charge in [-0.2, -0.15) is 0 Å². The largest absolute Gasteiger partial charge is 0.490 e. The number of hydrogen-bond donors (Lipinski definition) is 4. The molecule has 0 unspecified atom stereocenters. The SMILES string of the molecule is CC(C)(O)C(=O)c1ccc(OCCOC(=O)c2cc(-c3ccc(C(=O)O)c(C(=O)OCCOc4ccc(C(=O)C(C)(C)O)cc4)c3)ccc2C(=O)O)cc1. The Bertz CT molecular complexity index is 1900. The van der Waals surface area contributed by atoms with Gasteiger partial charge in [-0.3, -0.25) is 9.59 Å². The van der Waals surface area contributed by atoms with Gasteiger partial charge in [0.1, 0.15) is 49.1 Å². The van der Waals surface area contributed by atoms with Crippen LogP contribution in [0.2, 0.25) is 0 Å². The van der Waals surface area contributed by atoms with Gasteiger partial charge >= 0.3 is 23.9 Å². The Labute approximate surface area is 309 Å². The van der Waals surface area contributed by atoms with Crippen LogP contribution in [0.25, 0.3) is 11.1 Å². The highest BCUT2D eigenvalue weighted by Gasteiger charge is 2.26. The molecule has 0 radical (unpaired) electrons. The van der Waals surface area contributed by atoms with Gasteiger partial charge in [-0.1, -0.05) is 12.1 Å². The molecule has 4 N–H and O–H groups in total. The first kappa shape index (κ1) is 40.4. The van der Waals surface area contributed by atoms with Gasteiger partial charge in [0.05, 0.1) is 22.3 Å². The van der Waals surface area contributed by atoms with Gasteiger partial charge in [0.2, 0.25) is 0 Å². The van der Waals surface area contributed by atoms with E-state index in [1.807, 2.05) is 0 Å². The topological polar surface area (TPSA) is 220 Å². The molecule has 14 nitrogen and oxygen atoms in total. The summed E-state index contributed by atoms with van der Waals surface area (Å²) < 4.78 is 21.6. The van der Waals surface area contributed by atoms with E-state index in [4.69, 9.17) is 18.9 Å². The molecule has 0 aromatic heterocycles. The molecule has 0 heterocycles. The zero-order valence-electron chi connectivity index (χ0n) is 29.8. The number of ketones is 2. The maximum Gasteiger partial charge on any atom is 0.339 e. The lowest BCUT2D eigenvalue weighted by Crippen LogP contribution is -2.30. The summed E-state index contributed by atoms with van der Waals surface area (Å²) in [5, 5.41) is 39.3. The zero-order valence-corrected chi connectivity index (χ0v) is 29.8. The van der Waals surface area contributed by atoms with Gasteiger partial charge in [0.25, 0.3) is 0 Å². The molecule has 54 heavy (non-hydrogen) atoms. The maximum atomic E-state index is 13.0. The summed E-state index contributed by atoms with van der Waals surface area (Å²) in [5.74, 6) is -5.02. The molecule has 0 spiro atoms. The Morgan fingerprint density at radius 2 is 0.815 bits per heavy atom. The van der Waals surface area contributed by atoms with Crippen molar-refractivity contribution in [2.75, 3.05) is 26.4 Å². The summed E-state index contributed by atoms with van der Waals surface area (Å²) in [6.45, 7) is 4.73. The molecule has 0 aliphatic rings. The Morgan fingerprint density at radius 1 is 0.481 bits per heavy atom. The van der Waals surface area contributed by atoms with Gasteiger partial charge in [-0.25, -0.2) is 19.2 Å². The first-order valence-corrected chi connectivity index (χ1v) is 16.5. The van der Waals surface area contributed by atoms with Crippen molar-refractivity contribution in [2.45, 2.75) is 38.9 Å². The second-order valence-electron chi connectivity index (χ2n) is 12.9. The third kappa shape index (κ3) is 10.4. The molecular weight excluding hydrogens is 704 g/mol. The lowest BCUT2D eigenvalue weighted by Gasteiger charge is -2.15. The average molecular weight is 743 g/mol. The van der Waals surface area contributed by atoms with E-state index in [1.54, 1.807) is 0 Å². The van der Waals surface area contributed by atoms with Crippen LogP contribution in [0.5, 0.6) is 11.5 Å². The monoisotopic (exact) mass is 742 g/mol. The number of carboxylic acid groups (broad SMARTS) is 2. The number of rotatable bonds is 17. The minimum atomic E-state index is -1.55. The van der Waals surface area contributed by atoms with Crippen LogP contribution in [0.3, 0.4) is 0 Å². The molecule has 0 amide bonds. The molecule has 282 valence electrons. The molecule has 0 saturated carbocycles. The lowest BCUT2D eigenvalue weighted by atomic mass is 9.96. The number of hydrogen-bond acceptors (Lipinski definition) is 12. The van der Waals surface area contributed by atoms with E-state index >= 15 is 0 Å². The lowest BCUT2D eigenvalue weighted by molar-refractivity contribution is 0.0437. The van der Waals surface area contributed by atoms with Crippen molar-refractivity contribution in [2.24, 2.45) is 0 Å². The first-order valence-electron chi connectivity index (χ1n) is 16.5. The summed E-state index contributed by atoms with van der Waals surface area (Å²) >= 11 is 0. The number of carboxylic acids is 2. The van der Waals surface area contributed by atoms with Crippen LogP contribution >= 0.6 is 0 Å². The molecule has 4 rings (SSSR count). The number of carbonyl (C=O) groups excluding carboxylic acids is 4. The molecule has 0 aliphatic carbocycles. The fourth-order valence-corrected chi connectivity index (χ4v) is 5.01. The van der Waals surface area contributed by atoms with E-state index < -0.39 is 46.6 Å². The number of aromatic carboxylic acids is 2. The van der Waals surface area contributed by atoms with Crippen molar-refractivity contribution in [1.29, 1.82) is 0 Å². The van der Waals surface area contributed by atoms with Crippen LogP contribution < -0.4 is 9.47 Å². The average Bonchev–Trinajstić information content (AvgIpc) is 3.13. The number of ether oxygens (including phenoxy) is 4. The van der Waals surface area contributed by atoms with Gasteiger partial charge in [-0.05, 0) is 112 Å². The third-order valence-corrected chi connectivity index (χ3v) is 7.79. The van der Waals surface area contributed by atoms with E-state index in [1.165, 1.54) is 113 Å². The molecule has 4 aromatic rings. The van der Waals surface area contributed by atoms with Crippen LogP contribution in [-0.4, -0.2) is 93.5 Å². The summed E-state index contributed by atoms with van der Waals surface area (Å²) in [6, 6.07) is 19.5. The van der Waals surface area contributed by atoms with Crippen LogP contribution in [-0.2, 0) is 9.47 Å². The molecule has 14 heteroatoms. The van der Waals surface area contributed by atoms with Gasteiger partial charge in [-0.15, -0.1) is 0 Å². The molecular formula is C40H38O14. The fraction of sp³-hybridized carbons (Fsp3) is 0.250. The van der Waals surface area contributed by atoms with Crippen molar-refractivity contribution in [3.8, 4) is 22.6 Å². The van der Waals surface area contributed by atoms with E-state index in [0.717, 1.165) is 0 Å². The quantitative estimate of drug-likeness (QED) is 0.0626. The smallest absolute Gasteiger partial charge is 0.339 e. The highest BCUT2D eigenvalue weighted by atomic mass is 16.6. The second kappa shape index (κ2) is 17.0. The Morgan fingerprint density at radius 3 is 1.11 bits per heavy atom. The molecule has 0 bridgehead atoms. The number of Topliss-reactive ketones (excluding diaryl/α,β-unsaturated/α-hetero) is 2. The van der Waals surface area contributed by atoms with Crippen LogP contribution in [0, 0.1) is 0 Å². The molecule has 4 aromatic carbocycles. The van der Waals surface area contributed by atoms with Gasteiger partial charge in [0.15, 0.2) is 11.6 Å².